The van der Waals surface area contributed by atoms with Crippen molar-refractivity contribution < 1.29 is 24.2 Å². The fourth-order valence-electron chi connectivity index (χ4n) is 3.88. The largest absolute Gasteiger partial charge is 0.494 e. The van der Waals surface area contributed by atoms with Gasteiger partial charge < -0.3 is 25.2 Å². The number of rotatable bonds is 7. The maximum absolute atomic E-state index is 11.9. The third-order valence-electron chi connectivity index (χ3n) is 5.45. The number of hydrogen-bond donors (Lipinski definition) is 3. The molecule has 2 unspecified atom stereocenters. The first-order valence-corrected chi connectivity index (χ1v) is 9.70. The van der Waals surface area contributed by atoms with Crippen LogP contribution >= 0.6 is 0 Å². The van der Waals surface area contributed by atoms with Crippen LogP contribution in [0.1, 0.15) is 12.0 Å². The van der Waals surface area contributed by atoms with Gasteiger partial charge in [-0.3, -0.25) is 19.8 Å². The predicted molar refractivity (Wildman–Crippen MR) is 104 cm³/mol. The molecule has 3 aliphatic rings. The van der Waals surface area contributed by atoms with Crippen molar-refractivity contribution >= 4 is 23.5 Å². The summed E-state index contributed by atoms with van der Waals surface area (Å²) in [4.78, 5) is 32.0. The molecular formula is C19H25N5O5. The second kappa shape index (κ2) is 8.36. The van der Waals surface area contributed by atoms with Crippen LogP contribution in [0.3, 0.4) is 0 Å². The van der Waals surface area contributed by atoms with Crippen molar-refractivity contribution in [2.75, 3.05) is 39.5 Å². The quantitative estimate of drug-likeness (QED) is 0.529. The smallest absolute Gasteiger partial charge is 0.251 e. The van der Waals surface area contributed by atoms with E-state index in [1.807, 2.05) is 23.1 Å². The van der Waals surface area contributed by atoms with Crippen LogP contribution < -0.4 is 15.8 Å². The second-order valence-electron chi connectivity index (χ2n) is 7.25. The second-order valence-corrected chi connectivity index (χ2v) is 7.25. The van der Waals surface area contributed by atoms with Crippen LogP contribution in [-0.2, 0) is 20.9 Å². The van der Waals surface area contributed by atoms with Gasteiger partial charge in [0.25, 0.3) is 5.91 Å². The summed E-state index contributed by atoms with van der Waals surface area (Å²) in [6.45, 7) is 3.09. The van der Waals surface area contributed by atoms with Crippen LogP contribution in [0.5, 0.6) is 5.75 Å². The summed E-state index contributed by atoms with van der Waals surface area (Å²) in [7, 11) is 0. The highest BCUT2D eigenvalue weighted by Crippen LogP contribution is 2.31. The number of nitrogens with one attached hydrogen (secondary N) is 1. The Morgan fingerprint density at radius 2 is 2.21 bits per heavy atom. The Morgan fingerprint density at radius 3 is 2.93 bits per heavy atom. The Morgan fingerprint density at radius 1 is 1.41 bits per heavy atom. The van der Waals surface area contributed by atoms with Crippen LogP contribution in [0.4, 0.5) is 5.69 Å². The van der Waals surface area contributed by atoms with Gasteiger partial charge in [-0.1, -0.05) is 0 Å². The molecule has 0 spiro atoms. The fourth-order valence-corrected chi connectivity index (χ4v) is 3.88. The first-order chi connectivity index (χ1) is 14.1. The minimum atomic E-state index is -0.628. The van der Waals surface area contributed by atoms with Gasteiger partial charge in [0, 0.05) is 31.6 Å². The molecule has 0 bridgehead atoms. The van der Waals surface area contributed by atoms with Crippen LogP contribution in [0, 0.1) is 0 Å². The Hall–Kier alpha value is -2.69. The van der Waals surface area contributed by atoms with Crippen LogP contribution in [0.25, 0.3) is 0 Å². The molecule has 3 heterocycles. The van der Waals surface area contributed by atoms with Gasteiger partial charge in [0.05, 0.1) is 38.2 Å². The SMILES string of the molecule is NC(=O)C(CCOc1ccc2c(c1)CN1C(=N2)NC(=O)C1CO)N1CCOCC1. The van der Waals surface area contributed by atoms with E-state index in [0.717, 1.165) is 11.3 Å². The number of aliphatic imine (C=N–C) groups is 1. The van der Waals surface area contributed by atoms with Gasteiger partial charge in [0.15, 0.2) is 0 Å². The van der Waals surface area contributed by atoms with Crippen molar-refractivity contribution in [3.05, 3.63) is 23.8 Å². The van der Waals surface area contributed by atoms with Crippen molar-refractivity contribution in [1.82, 2.24) is 15.1 Å². The van der Waals surface area contributed by atoms with Gasteiger partial charge in [0.2, 0.25) is 11.9 Å². The molecule has 1 aromatic carbocycles. The highest BCUT2D eigenvalue weighted by Gasteiger charge is 2.38. The van der Waals surface area contributed by atoms with E-state index in [1.165, 1.54) is 0 Å². The standard InChI is InChI=1S/C19H25N5O5/c20-17(26)15(23-4-7-28-8-5-23)3-6-29-13-1-2-14-12(9-13)10-24-16(11-25)18(27)22-19(24)21-14/h1-2,9,15-16,25H,3-8,10-11H2,(H2,20,26)(H,21,22,27). The van der Waals surface area contributed by atoms with E-state index in [4.69, 9.17) is 15.2 Å². The number of carbonyl (C=O) groups is 2. The molecule has 2 amide bonds. The molecule has 1 aromatic rings. The summed E-state index contributed by atoms with van der Waals surface area (Å²) in [5.74, 6) is 0.511. The number of primary amides is 1. The van der Waals surface area contributed by atoms with E-state index in [1.54, 1.807) is 4.90 Å². The Labute approximate surface area is 168 Å². The van der Waals surface area contributed by atoms with Crippen molar-refractivity contribution in [3.63, 3.8) is 0 Å². The number of morpholine rings is 1. The molecule has 0 saturated carbocycles. The van der Waals surface area contributed by atoms with Gasteiger partial charge in [-0.2, -0.15) is 0 Å². The van der Waals surface area contributed by atoms with Crippen LogP contribution in [0.15, 0.2) is 23.2 Å². The zero-order valence-electron chi connectivity index (χ0n) is 16.0. The van der Waals surface area contributed by atoms with Gasteiger partial charge >= 0.3 is 0 Å². The van der Waals surface area contributed by atoms with Crippen molar-refractivity contribution in [3.8, 4) is 5.75 Å². The van der Waals surface area contributed by atoms with Crippen molar-refractivity contribution in [2.45, 2.75) is 25.0 Å². The zero-order valence-corrected chi connectivity index (χ0v) is 16.0. The highest BCUT2D eigenvalue weighted by atomic mass is 16.5. The Balaban J connectivity index is 1.39. The first kappa shape index (κ1) is 19.6. The molecule has 0 aromatic heterocycles. The molecule has 2 fully saturated rings. The topological polar surface area (TPSA) is 130 Å². The maximum Gasteiger partial charge on any atom is 0.251 e. The number of aliphatic hydroxyl groups is 1. The Bertz CT molecular complexity index is 823. The number of aliphatic hydroxyl groups excluding tert-OH is 1. The van der Waals surface area contributed by atoms with E-state index >= 15 is 0 Å². The first-order valence-electron chi connectivity index (χ1n) is 9.70. The number of nitrogens with zero attached hydrogens (tertiary/aromatic N) is 3. The summed E-state index contributed by atoms with van der Waals surface area (Å²) >= 11 is 0. The van der Waals surface area contributed by atoms with E-state index < -0.39 is 6.04 Å². The minimum absolute atomic E-state index is 0.254. The monoisotopic (exact) mass is 403 g/mol. The fraction of sp³-hybridized carbons (Fsp3) is 0.526. The van der Waals surface area contributed by atoms with Crippen LogP contribution in [0.2, 0.25) is 0 Å². The summed E-state index contributed by atoms with van der Waals surface area (Å²) < 4.78 is 11.2. The van der Waals surface area contributed by atoms with Gasteiger partial charge in [0.1, 0.15) is 11.8 Å². The van der Waals surface area contributed by atoms with E-state index in [0.29, 0.717) is 57.6 Å². The van der Waals surface area contributed by atoms with Gasteiger partial charge in [-0.05, 0) is 18.2 Å². The van der Waals surface area contributed by atoms with Gasteiger partial charge in [-0.25, -0.2) is 4.99 Å². The van der Waals surface area contributed by atoms with Crippen LogP contribution in [-0.4, -0.2) is 84.3 Å². The van der Waals surface area contributed by atoms with Crippen molar-refractivity contribution in [1.29, 1.82) is 0 Å². The molecule has 0 aliphatic carbocycles. The van der Waals surface area contributed by atoms with Gasteiger partial charge in [-0.15, -0.1) is 0 Å². The number of hydrogen-bond acceptors (Lipinski definition) is 8. The summed E-state index contributed by atoms with van der Waals surface area (Å²) in [6.07, 6.45) is 0.492. The number of ether oxygens (including phenoxy) is 2. The average Bonchev–Trinajstić information content (AvgIpc) is 3.03. The lowest BCUT2D eigenvalue weighted by Gasteiger charge is -2.32. The molecule has 4 N–H and O–H groups in total. The lowest BCUT2D eigenvalue weighted by Crippen LogP contribution is -2.50. The molecule has 10 nitrogen and oxygen atoms in total. The van der Waals surface area contributed by atoms with E-state index in [9.17, 15) is 14.7 Å². The normalized spacial score (nSPS) is 22.4. The third kappa shape index (κ3) is 4.04. The van der Waals surface area contributed by atoms with Crippen molar-refractivity contribution in [2.24, 2.45) is 10.7 Å². The zero-order chi connectivity index (χ0) is 20.4. The highest BCUT2D eigenvalue weighted by molar-refractivity contribution is 6.07. The summed E-state index contributed by atoms with van der Waals surface area (Å²) in [5, 5.41) is 12.2. The lowest BCUT2D eigenvalue weighted by atomic mass is 10.1. The molecule has 2 atom stereocenters. The number of amides is 2. The Kier molecular flexibility index (Phi) is 5.65. The number of fused-ring (bicyclic) bond motifs is 2. The molecule has 3 aliphatic heterocycles. The molecule has 156 valence electrons. The maximum atomic E-state index is 11.9. The number of nitrogens with two attached hydrogens (primary N) is 1. The van der Waals surface area contributed by atoms with E-state index in [-0.39, 0.29) is 24.5 Å². The number of guanidine groups is 1. The summed E-state index contributed by atoms with van der Waals surface area (Å²) in [6, 6.07) is 4.52. The minimum Gasteiger partial charge on any atom is -0.494 e. The number of benzene rings is 1. The summed E-state index contributed by atoms with van der Waals surface area (Å²) in [5.41, 5.74) is 7.23. The predicted octanol–water partition coefficient (Wildman–Crippen LogP) is -1.06. The molecule has 0 radical (unpaired) electrons. The molecular weight excluding hydrogens is 378 g/mol. The molecule has 2 saturated heterocycles. The molecule has 10 heteroatoms. The average molecular weight is 403 g/mol. The molecule has 29 heavy (non-hydrogen) atoms. The lowest BCUT2D eigenvalue weighted by molar-refractivity contribution is -0.125. The number of carbonyl (C=O) groups excluding carboxylic acids is 2. The molecule has 4 rings (SSSR count). The third-order valence-corrected chi connectivity index (χ3v) is 5.45. The van der Waals surface area contributed by atoms with E-state index in [2.05, 4.69) is 10.3 Å².